The van der Waals surface area contributed by atoms with Crippen molar-refractivity contribution in [2.45, 2.75) is 83.7 Å². The van der Waals surface area contributed by atoms with Crippen molar-refractivity contribution in [2.24, 2.45) is 0 Å². The number of alkyl carbamates (subject to hydrolysis) is 1. The van der Waals surface area contributed by atoms with Gasteiger partial charge in [-0.3, -0.25) is 9.59 Å². The second kappa shape index (κ2) is 13.4. The summed E-state index contributed by atoms with van der Waals surface area (Å²) in [5, 5.41) is 2.49. The Balaban J connectivity index is 1.78. The first-order valence-corrected chi connectivity index (χ1v) is 14.9. The molecule has 0 radical (unpaired) electrons. The van der Waals surface area contributed by atoms with Crippen molar-refractivity contribution >= 4 is 23.6 Å². The van der Waals surface area contributed by atoms with Gasteiger partial charge in [0, 0.05) is 25.2 Å². The predicted molar refractivity (Wildman–Crippen MR) is 158 cm³/mol. The van der Waals surface area contributed by atoms with Crippen molar-refractivity contribution in [1.82, 2.24) is 10.2 Å². The van der Waals surface area contributed by atoms with Crippen molar-refractivity contribution < 1.29 is 41.8 Å². The van der Waals surface area contributed by atoms with E-state index in [0.717, 1.165) is 37.0 Å². The summed E-state index contributed by atoms with van der Waals surface area (Å²) in [7, 11) is 1.19. The van der Waals surface area contributed by atoms with Crippen LogP contribution in [0.4, 0.5) is 23.7 Å². The number of fused-ring (bicyclic) bond motifs is 1. The lowest BCUT2D eigenvalue weighted by molar-refractivity contribution is -0.139. The molecule has 240 valence electrons. The topological polar surface area (TPSA) is 97.4 Å². The van der Waals surface area contributed by atoms with E-state index >= 15 is 0 Å². The molecule has 4 rings (SSSR count). The average Bonchev–Trinajstić information content (AvgIpc) is 2.97. The maximum atomic E-state index is 14.6. The fourth-order valence-electron chi connectivity index (χ4n) is 5.86. The van der Waals surface area contributed by atoms with Crippen LogP contribution in [0, 0.1) is 6.92 Å². The third-order valence-corrected chi connectivity index (χ3v) is 8.01. The highest BCUT2D eigenvalue weighted by molar-refractivity contribution is 6.05. The summed E-state index contributed by atoms with van der Waals surface area (Å²) in [6, 6.07) is 8.46. The predicted octanol–water partition coefficient (Wildman–Crippen LogP) is 6.12. The van der Waals surface area contributed by atoms with Crippen LogP contribution in [-0.4, -0.2) is 67.3 Å². The molecule has 1 saturated carbocycles. The molecule has 0 saturated heterocycles. The molecular weight excluding hydrogens is 579 g/mol. The second-order valence-corrected chi connectivity index (χ2v) is 11.8. The van der Waals surface area contributed by atoms with Crippen LogP contribution in [0.5, 0.6) is 11.5 Å². The van der Waals surface area contributed by atoms with Crippen LogP contribution in [0.3, 0.4) is 0 Å². The lowest BCUT2D eigenvalue weighted by Gasteiger charge is -2.41. The lowest BCUT2D eigenvalue weighted by Crippen LogP contribution is -2.58. The number of alkyl halides is 3. The van der Waals surface area contributed by atoms with Crippen LogP contribution < -0.4 is 19.7 Å². The molecule has 2 aromatic carbocycles. The van der Waals surface area contributed by atoms with E-state index in [9.17, 15) is 27.6 Å². The number of halogens is 3. The summed E-state index contributed by atoms with van der Waals surface area (Å²) >= 11 is 0. The van der Waals surface area contributed by atoms with Crippen LogP contribution in [0.25, 0.3) is 0 Å². The number of methoxy groups -OCH3 is 1. The van der Waals surface area contributed by atoms with E-state index in [2.05, 4.69) is 10.1 Å². The first-order valence-electron chi connectivity index (χ1n) is 14.9. The third kappa shape index (κ3) is 7.22. The fraction of sp³-hybridized carbons (Fsp3) is 0.531. The van der Waals surface area contributed by atoms with E-state index in [4.69, 9.17) is 9.47 Å². The zero-order valence-electron chi connectivity index (χ0n) is 25.8. The molecule has 0 bridgehead atoms. The van der Waals surface area contributed by atoms with Crippen LogP contribution >= 0.6 is 0 Å². The number of nitrogens with one attached hydrogen (secondary N) is 1. The molecule has 1 heterocycles. The number of amides is 3. The Bertz CT molecular complexity index is 1380. The summed E-state index contributed by atoms with van der Waals surface area (Å²) in [5.74, 6) is -1.12. The molecule has 1 fully saturated rings. The van der Waals surface area contributed by atoms with E-state index in [1.165, 1.54) is 23.8 Å². The van der Waals surface area contributed by atoms with Crippen molar-refractivity contribution in [2.75, 3.05) is 31.7 Å². The largest absolute Gasteiger partial charge is 0.489 e. The Kier molecular flexibility index (Phi) is 10.00. The van der Waals surface area contributed by atoms with E-state index in [0.29, 0.717) is 18.6 Å². The van der Waals surface area contributed by atoms with Gasteiger partial charge >= 0.3 is 12.3 Å². The molecule has 1 aliphatic carbocycles. The Morgan fingerprint density at radius 1 is 1.16 bits per heavy atom. The fourth-order valence-corrected chi connectivity index (χ4v) is 5.86. The van der Waals surface area contributed by atoms with Gasteiger partial charge in [-0.2, -0.15) is 13.2 Å². The number of hydrogen-bond donors (Lipinski definition) is 1. The molecular formula is C32H40F3N3O6. The van der Waals surface area contributed by atoms with Crippen molar-refractivity contribution in [3.05, 3.63) is 53.1 Å². The molecule has 3 amide bonds. The average molecular weight is 620 g/mol. The van der Waals surface area contributed by atoms with E-state index in [-0.39, 0.29) is 43.2 Å². The minimum Gasteiger partial charge on any atom is -0.489 e. The number of anilines is 1. The smallest absolute Gasteiger partial charge is 0.417 e. The number of aryl methyl sites for hydroxylation is 1. The SMILES string of the molecule is COC(=O)NCCN1C(=O)C(C)(COc2cccc(C)c2)Oc2cc(C(F)(F)F)c(C(=O)N(C(C)C)C3CCCCC3)cc21. The number of nitrogens with zero attached hydrogens (tertiary/aromatic N) is 2. The highest BCUT2D eigenvalue weighted by Gasteiger charge is 2.48. The van der Waals surface area contributed by atoms with Gasteiger partial charge < -0.3 is 29.3 Å². The van der Waals surface area contributed by atoms with Gasteiger partial charge in [-0.25, -0.2) is 4.79 Å². The summed E-state index contributed by atoms with van der Waals surface area (Å²) < 4.78 is 60.3. The van der Waals surface area contributed by atoms with Crippen LogP contribution in [-0.2, 0) is 15.7 Å². The second-order valence-electron chi connectivity index (χ2n) is 11.8. The number of benzene rings is 2. The molecule has 1 unspecified atom stereocenters. The van der Waals surface area contributed by atoms with Gasteiger partial charge in [-0.05, 0) is 70.4 Å². The van der Waals surface area contributed by atoms with Gasteiger partial charge in [-0.15, -0.1) is 0 Å². The van der Waals surface area contributed by atoms with Gasteiger partial charge in [0.15, 0.2) is 0 Å². The van der Waals surface area contributed by atoms with Gasteiger partial charge in [0.1, 0.15) is 18.1 Å². The molecule has 12 heteroatoms. The van der Waals surface area contributed by atoms with Gasteiger partial charge in [-0.1, -0.05) is 31.4 Å². The van der Waals surface area contributed by atoms with Gasteiger partial charge in [0.2, 0.25) is 5.60 Å². The minimum absolute atomic E-state index is 0.00148. The Morgan fingerprint density at radius 2 is 1.86 bits per heavy atom. The van der Waals surface area contributed by atoms with Crippen molar-refractivity contribution in [3.63, 3.8) is 0 Å². The Hall–Kier alpha value is -3.96. The number of ether oxygens (including phenoxy) is 3. The first-order chi connectivity index (χ1) is 20.7. The van der Waals surface area contributed by atoms with Crippen LogP contribution in [0.1, 0.15) is 74.4 Å². The molecule has 0 spiro atoms. The first kappa shape index (κ1) is 32.9. The molecule has 9 nitrogen and oxygen atoms in total. The molecule has 44 heavy (non-hydrogen) atoms. The number of carbonyl (C=O) groups excluding carboxylic acids is 3. The summed E-state index contributed by atoms with van der Waals surface area (Å²) in [5.41, 5.74) is -2.51. The van der Waals surface area contributed by atoms with Gasteiger partial charge in [0.05, 0.1) is 23.9 Å². The van der Waals surface area contributed by atoms with Gasteiger partial charge in [0.25, 0.3) is 11.8 Å². The third-order valence-electron chi connectivity index (χ3n) is 8.01. The summed E-state index contributed by atoms with van der Waals surface area (Å²) in [6.45, 7) is 6.38. The molecule has 1 atom stereocenters. The molecule has 1 N–H and O–H groups in total. The van der Waals surface area contributed by atoms with E-state index in [1.807, 2.05) is 13.0 Å². The van der Waals surface area contributed by atoms with Crippen molar-refractivity contribution in [1.29, 1.82) is 0 Å². The number of rotatable bonds is 9. The van der Waals surface area contributed by atoms with Crippen LogP contribution in [0.2, 0.25) is 0 Å². The van der Waals surface area contributed by atoms with E-state index < -0.39 is 40.8 Å². The minimum atomic E-state index is -4.88. The zero-order chi connectivity index (χ0) is 32.2. The maximum Gasteiger partial charge on any atom is 0.417 e. The summed E-state index contributed by atoms with van der Waals surface area (Å²) in [4.78, 5) is 42.4. The molecule has 2 aliphatic rings. The Labute approximate surface area is 255 Å². The quantitative estimate of drug-likeness (QED) is 0.364. The lowest BCUT2D eigenvalue weighted by atomic mass is 9.92. The maximum absolute atomic E-state index is 14.6. The van der Waals surface area contributed by atoms with E-state index in [1.54, 1.807) is 32.0 Å². The molecule has 1 aliphatic heterocycles. The number of carbonyl (C=O) groups is 3. The Morgan fingerprint density at radius 3 is 2.48 bits per heavy atom. The number of hydrogen-bond acceptors (Lipinski definition) is 6. The van der Waals surface area contributed by atoms with Crippen LogP contribution in [0.15, 0.2) is 36.4 Å². The normalized spacial score (nSPS) is 18.8. The molecule has 2 aromatic rings. The summed E-state index contributed by atoms with van der Waals surface area (Å²) in [6.07, 6.45) is -1.39. The zero-order valence-corrected chi connectivity index (χ0v) is 25.8. The standard InChI is InChI=1S/C32H40F3N3O6/c1-20(2)38(22-11-7-6-8-12-22)28(39)24-17-26-27(18-25(24)32(33,34)35)44-31(4,19-43-23-13-9-10-21(3)16-23)29(40)37(26)15-14-36-30(41)42-5/h9-10,13,16-18,20,22H,6-8,11-12,14-15,19H2,1-5H3,(H,36,41). The van der Waals surface area contributed by atoms with Crippen molar-refractivity contribution in [3.8, 4) is 11.5 Å². The molecule has 0 aromatic heterocycles. The highest BCUT2D eigenvalue weighted by atomic mass is 19.4. The monoisotopic (exact) mass is 619 g/mol. The highest BCUT2D eigenvalue weighted by Crippen LogP contribution is 2.45.